The molecule has 0 atom stereocenters. The average Bonchev–Trinajstić information content (AvgIpc) is 2.53. The summed E-state index contributed by atoms with van der Waals surface area (Å²) in [6.45, 7) is 6.65. The summed E-state index contributed by atoms with van der Waals surface area (Å²) in [4.78, 5) is 14.4. The molecule has 0 spiro atoms. The fraction of sp³-hybridized carbons (Fsp3) is 0.588. The number of rotatable bonds is 5. The van der Waals surface area contributed by atoms with Crippen molar-refractivity contribution in [3.8, 4) is 0 Å². The number of nitrogens with zero attached hydrogens (tertiary/aromatic N) is 1. The molecule has 0 aliphatic carbocycles. The Balaban J connectivity index is 1.89. The summed E-state index contributed by atoms with van der Waals surface area (Å²) in [7, 11) is 0. The topological polar surface area (TPSA) is 29.5 Å². The molecule has 2 rings (SSSR count). The Morgan fingerprint density at radius 1 is 1.29 bits per heavy atom. The maximum Gasteiger partial charge on any atom is 0.253 e. The number of halogens is 1. The molecule has 1 aromatic carbocycles. The Morgan fingerprint density at radius 3 is 2.43 bits per heavy atom. The van der Waals surface area contributed by atoms with Crippen LogP contribution in [0.25, 0.3) is 0 Å². The van der Waals surface area contributed by atoms with E-state index in [0.29, 0.717) is 12.0 Å². The van der Waals surface area contributed by atoms with Crippen LogP contribution in [0, 0.1) is 0 Å². The van der Waals surface area contributed by atoms with Crippen LogP contribution >= 0.6 is 15.9 Å². The van der Waals surface area contributed by atoms with E-state index in [-0.39, 0.29) is 5.91 Å². The highest BCUT2D eigenvalue weighted by molar-refractivity contribution is 9.09. The standard InChI is InChI=1S/C17H24BrNO2/c1-13(2)14-3-5-15(6-4-14)17(20)19-10-7-16(8-11-19)21-12-9-18/h3-6,13,16H,7-12H2,1-2H3. The Morgan fingerprint density at radius 2 is 1.90 bits per heavy atom. The average molecular weight is 354 g/mol. The molecule has 21 heavy (non-hydrogen) atoms. The van der Waals surface area contributed by atoms with Gasteiger partial charge in [-0.05, 0) is 36.5 Å². The predicted molar refractivity (Wildman–Crippen MR) is 89.2 cm³/mol. The van der Waals surface area contributed by atoms with Gasteiger partial charge in [0.05, 0.1) is 12.7 Å². The Bertz CT molecular complexity index is 450. The van der Waals surface area contributed by atoms with Gasteiger partial charge in [0.15, 0.2) is 0 Å². The third-order valence-corrected chi connectivity index (χ3v) is 4.31. The molecule has 1 aliphatic heterocycles. The maximum atomic E-state index is 12.5. The van der Waals surface area contributed by atoms with Gasteiger partial charge in [-0.2, -0.15) is 0 Å². The van der Waals surface area contributed by atoms with Gasteiger partial charge in [-0.15, -0.1) is 0 Å². The number of benzene rings is 1. The van der Waals surface area contributed by atoms with Gasteiger partial charge in [0.1, 0.15) is 0 Å². The number of ether oxygens (including phenoxy) is 1. The molecule has 1 aromatic rings. The van der Waals surface area contributed by atoms with Crippen LogP contribution < -0.4 is 0 Å². The van der Waals surface area contributed by atoms with Crippen LogP contribution in [0.15, 0.2) is 24.3 Å². The SMILES string of the molecule is CC(C)c1ccc(C(=O)N2CCC(OCCBr)CC2)cc1. The quantitative estimate of drug-likeness (QED) is 0.753. The van der Waals surface area contributed by atoms with Crippen molar-refractivity contribution < 1.29 is 9.53 Å². The number of carbonyl (C=O) groups is 1. The molecule has 1 aliphatic rings. The minimum absolute atomic E-state index is 0.143. The van der Waals surface area contributed by atoms with Crippen LogP contribution in [-0.4, -0.2) is 41.9 Å². The van der Waals surface area contributed by atoms with Crippen molar-refractivity contribution >= 4 is 21.8 Å². The largest absolute Gasteiger partial charge is 0.377 e. The summed E-state index contributed by atoms with van der Waals surface area (Å²) in [6.07, 6.45) is 2.17. The lowest BCUT2D eigenvalue weighted by atomic mass is 10.0. The molecule has 0 radical (unpaired) electrons. The highest BCUT2D eigenvalue weighted by Crippen LogP contribution is 2.19. The summed E-state index contributed by atoms with van der Waals surface area (Å²) in [5.74, 6) is 0.640. The number of hydrogen-bond donors (Lipinski definition) is 0. The van der Waals surface area contributed by atoms with Gasteiger partial charge in [0.25, 0.3) is 5.91 Å². The van der Waals surface area contributed by atoms with Crippen LogP contribution in [0.3, 0.4) is 0 Å². The normalized spacial score (nSPS) is 16.5. The fourth-order valence-corrected chi connectivity index (χ4v) is 2.82. The summed E-state index contributed by atoms with van der Waals surface area (Å²) >= 11 is 3.37. The van der Waals surface area contributed by atoms with E-state index in [1.54, 1.807) is 0 Å². The first kappa shape index (κ1) is 16.5. The van der Waals surface area contributed by atoms with Crippen LogP contribution in [0.1, 0.15) is 48.5 Å². The number of alkyl halides is 1. The molecule has 0 bridgehead atoms. The molecule has 0 N–H and O–H groups in total. The van der Waals surface area contributed by atoms with Crippen molar-refractivity contribution in [2.75, 3.05) is 25.0 Å². The Kier molecular flexibility index (Phi) is 6.24. The van der Waals surface area contributed by atoms with Crippen molar-refractivity contribution in [1.29, 1.82) is 0 Å². The summed E-state index contributed by atoms with van der Waals surface area (Å²) in [6, 6.07) is 8.02. The van der Waals surface area contributed by atoms with Gasteiger partial charge < -0.3 is 9.64 Å². The highest BCUT2D eigenvalue weighted by atomic mass is 79.9. The molecule has 1 amide bonds. The molecular weight excluding hydrogens is 330 g/mol. The fourth-order valence-electron chi connectivity index (χ4n) is 2.63. The first-order chi connectivity index (χ1) is 10.1. The zero-order chi connectivity index (χ0) is 15.2. The summed E-state index contributed by atoms with van der Waals surface area (Å²) in [5.41, 5.74) is 2.06. The first-order valence-electron chi connectivity index (χ1n) is 7.68. The van der Waals surface area contributed by atoms with Crippen molar-refractivity contribution in [3.05, 3.63) is 35.4 Å². The van der Waals surface area contributed by atoms with Crippen LogP contribution in [-0.2, 0) is 4.74 Å². The zero-order valence-electron chi connectivity index (χ0n) is 12.8. The van der Waals surface area contributed by atoms with Gasteiger partial charge in [0.2, 0.25) is 0 Å². The number of piperidine rings is 1. The lowest BCUT2D eigenvalue weighted by Crippen LogP contribution is -2.41. The van der Waals surface area contributed by atoms with Gasteiger partial charge in [0, 0.05) is 24.0 Å². The second-order valence-electron chi connectivity index (χ2n) is 5.83. The van der Waals surface area contributed by atoms with Gasteiger partial charge in [-0.25, -0.2) is 0 Å². The van der Waals surface area contributed by atoms with E-state index in [1.165, 1.54) is 5.56 Å². The summed E-state index contributed by atoms with van der Waals surface area (Å²) < 4.78 is 5.72. The van der Waals surface area contributed by atoms with Crippen LogP contribution in [0.2, 0.25) is 0 Å². The van der Waals surface area contributed by atoms with E-state index in [4.69, 9.17) is 4.74 Å². The van der Waals surface area contributed by atoms with Crippen molar-refractivity contribution in [3.63, 3.8) is 0 Å². The van der Waals surface area contributed by atoms with E-state index in [1.807, 2.05) is 17.0 Å². The van der Waals surface area contributed by atoms with Crippen LogP contribution in [0.5, 0.6) is 0 Å². The molecule has 116 valence electrons. The predicted octanol–water partition coefficient (Wildman–Crippen LogP) is 3.83. The minimum Gasteiger partial charge on any atom is -0.377 e. The van der Waals surface area contributed by atoms with E-state index in [0.717, 1.165) is 43.4 Å². The van der Waals surface area contributed by atoms with Crippen molar-refractivity contribution in [1.82, 2.24) is 4.90 Å². The molecule has 1 fully saturated rings. The second-order valence-corrected chi connectivity index (χ2v) is 6.62. The van der Waals surface area contributed by atoms with Crippen molar-refractivity contribution in [2.24, 2.45) is 0 Å². The number of carbonyl (C=O) groups excluding carboxylic acids is 1. The van der Waals surface area contributed by atoms with Gasteiger partial charge in [-0.1, -0.05) is 41.9 Å². The molecule has 0 saturated carbocycles. The highest BCUT2D eigenvalue weighted by Gasteiger charge is 2.23. The number of amides is 1. The van der Waals surface area contributed by atoms with E-state index in [9.17, 15) is 4.79 Å². The van der Waals surface area contributed by atoms with Crippen LogP contribution in [0.4, 0.5) is 0 Å². The number of hydrogen-bond acceptors (Lipinski definition) is 2. The molecule has 4 heteroatoms. The number of likely N-dealkylation sites (tertiary alicyclic amines) is 1. The smallest absolute Gasteiger partial charge is 0.253 e. The third kappa shape index (κ3) is 4.55. The Hall–Kier alpha value is -0.870. The summed E-state index contributed by atoms with van der Waals surface area (Å²) in [5, 5.41) is 0.869. The zero-order valence-corrected chi connectivity index (χ0v) is 14.4. The molecule has 0 unspecified atom stereocenters. The molecule has 1 saturated heterocycles. The molecule has 1 heterocycles. The lowest BCUT2D eigenvalue weighted by molar-refractivity contribution is 0.0160. The minimum atomic E-state index is 0.143. The molecule has 3 nitrogen and oxygen atoms in total. The monoisotopic (exact) mass is 353 g/mol. The molecule has 0 aromatic heterocycles. The second kappa shape index (κ2) is 7.95. The lowest BCUT2D eigenvalue weighted by Gasteiger charge is -2.32. The first-order valence-corrected chi connectivity index (χ1v) is 8.80. The maximum absolute atomic E-state index is 12.5. The molecular formula is C17H24BrNO2. The van der Waals surface area contributed by atoms with Crippen molar-refractivity contribution in [2.45, 2.75) is 38.7 Å². The van der Waals surface area contributed by atoms with E-state index < -0.39 is 0 Å². The third-order valence-electron chi connectivity index (χ3n) is 3.98. The van der Waals surface area contributed by atoms with E-state index in [2.05, 4.69) is 41.9 Å². The van der Waals surface area contributed by atoms with Gasteiger partial charge >= 0.3 is 0 Å². The van der Waals surface area contributed by atoms with Gasteiger partial charge in [-0.3, -0.25) is 4.79 Å². The van der Waals surface area contributed by atoms with E-state index >= 15 is 0 Å². The Labute approximate surface area is 135 Å².